The average molecular weight is 621 g/mol. The first-order valence-corrected chi connectivity index (χ1v) is 20.5. The van der Waals surface area contributed by atoms with Crippen molar-refractivity contribution in [2.45, 2.75) is 206 Å². The summed E-state index contributed by atoms with van der Waals surface area (Å²) >= 11 is 0. The lowest BCUT2D eigenvalue weighted by atomic mass is 9.76. The molecule has 2 unspecified atom stereocenters. The van der Waals surface area contributed by atoms with E-state index >= 15 is 0 Å². The minimum atomic E-state index is 0.344. The Labute approximate surface area is 280 Å². The highest BCUT2D eigenvalue weighted by molar-refractivity contribution is 4.88. The van der Waals surface area contributed by atoms with Crippen molar-refractivity contribution < 1.29 is 4.74 Å². The lowest BCUT2D eigenvalue weighted by Gasteiger charge is -2.35. The fourth-order valence-corrected chi connectivity index (χ4v) is 10.3. The molecule has 0 heterocycles. The van der Waals surface area contributed by atoms with Gasteiger partial charge in [0.15, 0.2) is 0 Å². The highest BCUT2D eigenvalue weighted by atomic mass is 16.5. The average Bonchev–Trinajstić information content (AvgIpc) is 3.07. The van der Waals surface area contributed by atoms with Crippen LogP contribution in [0, 0.1) is 70.0 Å². The summed E-state index contributed by atoms with van der Waals surface area (Å²) in [4.78, 5) is 0. The molecule has 0 radical (unpaired) electrons. The number of ether oxygens (including phenoxy) is 1. The van der Waals surface area contributed by atoms with Crippen LogP contribution in [-0.2, 0) is 4.74 Å². The van der Waals surface area contributed by atoms with Crippen molar-refractivity contribution in [3.05, 3.63) is 0 Å². The molecule has 4 aliphatic rings. The Bertz CT molecular complexity index is 771. The molecule has 256 valence electrons. The van der Waals surface area contributed by atoms with E-state index in [0.717, 1.165) is 61.2 Å². The summed E-state index contributed by atoms with van der Waals surface area (Å²) in [7, 11) is 0. The van der Waals surface area contributed by atoms with E-state index in [1.807, 2.05) is 0 Å². The SMILES string of the molecule is CCCC(CCCC1CCC(OC2CCC(CCCC(CCC)CC3CCC(C#N)CC3)CC2)CC1)CC1CCC(C#N)CC1. The zero-order valence-corrected chi connectivity index (χ0v) is 29.9. The van der Waals surface area contributed by atoms with Gasteiger partial charge < -0.3 is 4.74 Å². The van der Waals surface area contributed by atoms with Crippen LogP contribution in [0.25, 0.3) is 0 Å². The normalized spacial score (nSPS) is 34.0. The standard InChI is InChI=1S/C42H72N2O/c1-3-7-35(29-37-13-17-39(31-43)18-14-37)11-5-9-33-21-25-41(26-22-33)45-42-27-23-34(24-28-42)10-6-12-36(8-4-2)30-38-15-19-40(32-44)20-16-38/h33-42H,3-30H2,1-2H3. The van der Waals surface area contributed by atoms with E-state index < -0.39 is 0 Å². The number of nitriles is 2. The zero-order chi connectivity index (χ0) is 31.7. The Morgan fingerprint density at radius 3 is 1.18 bits per heavy atom. The predicted molar refractivity (Wildman–Crippen MR) is 188 cm³/mol. The van der Waals surface area contributed by atoms with Gasteiger partial charge in [-0.15, -0.1) is 0 Å². The van der Waals surface area contributed by atoms with Gasteiger partial charge in [0, 0.05) is 11.8 Å². The van der Waals surface area contributed by atoms with Crippen molar-refractivity contribution in [1.29, 1.82) is 10.5 Å². The predicted octanol–water partition coefficient (Wildman–Crippen LogP) is 12.7. The second kappa shape index (κ2) is 21.0. The van der Waals surface area contributed by atoms with Crippen molar-refractivity contribution >= 4 is 0 Å². The van der Waals surface area contributed by atoms with Gasteiger partial charge in [-0.05, 0) is 151 Å². The molecule has 4 fully saturated rings. The van der Waals surface area contributed by atoms with Crippen molar-refractivity contribution in [2.24, 2.45) is 47.3 Å². The molecular weight excluding hydrogens is 548 g/mol. The molecule has 0 amide bonds. The summed E-state index contributed by atoms with van der Waals surface area (Å²) in [6.45, 7) is 4.73. The molecule has 4 aliphatic carbocycles. The summed E-state index contributed by atoms with van der Waals surface area (Å²) in [5.74, 6) is 6.20. The van der Waals surface area contributed by atoms with Crippen molar-refractivity contribution in [2.75, 3.05) is 0 Å². The van der Waals surface area contributed by atoms with Crippen LogP contribution in [0.3, 0.4) is 0 Å². The van der Waals surface area contributed by atoms with Crippen LogP contribution in [0.5, 0.6) is 0 Å². The second-order valence-electron chi connectivity index (χ2n) is 16.8. The van der Waals surface area contributed by atoms with Crippen LogP contribution in [0.15, 0.2) is 0 Å². The Balaban J connectivity index is 1.03. The molecule has 3 nitrogen and oxygen atoms in total. The first-order valence-electron chi connectivity index (χ1n) is 20.5. The first-order chi connectivity index (χ1) is 22.1. The van der Waals surface area contributed by atoms with Gasteiger partial charge in [0.2, 0.25) is 0 Å². The molecule has 0 spiro atoms. The quantitative estimate of drug-likeness (QED) is 0.153. The molecule has 0 aromatic rings. The van der Waals surface area contributed by atoms with Crippen molar-refractivity contribution in [3.8, 4) is 12.1 Å². The molecular formula is C42H72N2O. The van der Waals surface area contributed by atoms with Gasteiger partial charge in [0.05, 0.1) is 24.3 Å². The molecule has 0 aromatic heterocycles. The Morgan fingerprint density at radius 1 is 0.489 bits per heavy atom. The lowest BCUT2D eigenvalue weighted by molar-refractivity contribution is -0.0573. The maximum Gasteiger partial charge on any atom is 0.0655 e. The fraction of sp³-hybridized carbons (Fsp3) is 0.952. The van der Waals surface area contributed by atoms with Gasteiger partial charge in [-0.3, -0.25) is 0 Å². The van der Waals surface area contributed by atoms with Gasteiger partial charge in [0.1, 0.15) is 0 Å². The lowest BCUT2D eigenvalue weighted by Crippen LogP contribution is -2.30. The molecule has 0 saturated heterocycles. The van der Waals surface area contributed by atoms with Crippen LogP contribution >= 0.6 is 0 Å². The van der Waals surface area contributed by atoms with E-state index in [9.17, 15) is 10.5 Å². The fourth-order valence-electron chi connectivity index (χ4n) is 10.3. The molecule has 4 rings (SSSR count). The minimum absolute atomic E-state index is 0.344. The molecule has 0 aromatic carbocycles. The summed E-state index contributed by atoms with van der Waals surface area (Å²) in [6.07, 6.45) is 38.7. The maximum absolute atomic E-state index is 9.23. The Hall–Kier alpha value is -1.06. The Morgan fingerprint density at radius 2 is 0.844 bits per heavy atom. The number of hydrogen-bond donors (Lipinski definition) is 0. The third-order valence-corrected chi connectivity index (χ3v) is 13.2. The smallest absolute Gasteiger partial charge is 0.0655 e. The molecule has 0 N–H and O–H groups in total. The van der Waals surface area contributed by atoms with Crippen LogP contribution < -0.4 is 0 Å². The molecule has 0 bridgehead atoms. The van der Waals surface area contributed by atoms with Crippen LogP contribution in [-0.4, -0.2) is 12.2 Å². The molecule has 2 atom stereocenters. The van der Waals surface area contributed by atoms with E-state index in [1.165, 1.54) is 154 Å². The van der Waals surface area contributed by atoms with Crippen molar-refractivity contribution in [1.82, 2.24) is 0 Å². The van der Waals surface area contributed by atoms with Crippen LogP contribution in [0.2, 0.25) is 0 Å². The third-order valence-electron chi connectivity index (χ3n) is 13.2. The zero-order valence-electron chi connectivity index (χ0n) is 29.9. The van der Waals surface area contributed by atoms with Crippen molar-refractivity contribution in [3.63, 3.8) is 0 Å². The maximum atomic E-state index is 9.23. The monoisotopic (exact) mass is 621 g/mol. The third kappa shape index (κ3) is 13.5. The highest BCUT2D eigenvalue weighted by Crippen LogP contribution is 2.39. The van der Waals surface area contributed by atoms with E-state index in [4.69, 9.17) is 4.74 Å². The molecule has 0 aliphatic heterocycles. The summed E-state index contributed by atoms with van der Waals surface area (Å²) < 4.78 is 6.74. The van der Waals surface area contributed by atoms with E-state index in [0.29, 0.717) is 24.0 Å². The summed E-state index contributed by atoms with van der Waals surface area (Å²) in [5, 5.41) is 18.5. The Kier molecular flexibility index (Phi) is 17.2. The number of hydrogen-bond acceptors (Lipinski definition) is 3. The van der Waals surface area contributed by atoms with E-state index in [-0.39, 0.29) is 0 Å². The molecule has 3 heteroatoms. The van der Waals surface area contributed by atoms with Gasteiger partial charge >= 0.3 is 0 Å². The molecule has 45 heavy (non-hydrogen) atoms. The van der Waals surface area contributed by atoms with Crippen LogP contribution in [0.4, 0.5) is 0 Å². The molecule has 4 saturated carbocycles. The van der Waals surface area contributed by atoms with Crippen LogP contribution in [0.1, 0.15) is 194 Å². The van der Waals surface area contributed by atoms with E-state index in [2.05, 4.69) is 26.0 Å². The highest BCUT2D eigenvalue weighted by Gasteiger charge is 2.29. The van der Waals surface area contributed by atoms with Gasteiger partial charge in [-0.1, -0.05) is 78.1 Å². The number of nitrogens with zero attached hydrogens (tertiary/aromatic N) is 2. The second-order valence-corrected chi connectivity index (χ2v) is 16.8. The largest absolute Gasteiger partial charge is 0.375 e. The topological polar surface area (TPSA) is 56.8 Å². The summed E-state index contributed by atoms with van der Waals surface area (Å²) in [6, 6.07) is 5.02. The number of rotatable bonds is 18. The summed E-state index contributed by atoms with van der Waals surface area (Å²) in [5.41, 5.74) is 0. The van der Waals surface area contributed by atoms with Gasteiger partial charge in [-0.25, -0.2) is 0 Å². The first kappa shape index (κ1) is 36.8. The van der Waals surface area contributed by atoms with Gasteiger partial charge in [0.25, 0.3) is 0 Å². The minimum Gasteiger partial charge on any atom is -0.375 e. The van der Waals surface area contributed by atoms with Gasteiger partial charge in [-0.2, -0.15) is 10.5 Å². The van der Waals surface area contributed by atoms with E-state index in [1.54, 1.807) is 0 Å².